The van der Waals surface area contributed by atoms with Crippen molar-refractivity contribution in [3.63, 3.8) is 0 Å². The van der Waals surface area contributed by atoms with Gasteiger partial charge < -0.3 is 14.6 Å². The maximum absolute atomic E-state index is 12.5. The molecule has 1 heterocycles. The summed E-state index contributed by atoms with van der Waals surface area (Å²) in [5.41, 5.74) is 3.16. The average molecular weight is 461 g/mol. The Bertz CT molecular complexity index is 1330. The first-order chi connectivity index (χ1) is 16.0. The van der Waals surface area contributed by atoms with Crippen molar-refractivity contribution in [2.45, 2.75) is 6.92 Å². The first-order valence-corrected chi connectivity index (χ1v) is 11.0. The van der Waals surface area contributed by atoms with E-state index in [2.05, 4.69) is 10.5 Å². The van der Waals surface area contributed by atoms with E-state index in [4.69, 9.17) is 9.47 Å². The van der Waals surface area contributed by atoms with Crippen LogP contribution in [0, 0.1) is 0 Å². The number of nitrogens with zero attached hydrogens (tertiary/aromatic N) is 1. The van der Waals surface area contributed by atoms with Crippen molar-refractivity contribution in [1.82, 2.24) is 5.43 Å². The number of fused-ring (bicyclic) bond motifs is 1. The third-order valence-electron chi connectivity index (χ3n) is 4.68. The van der Waals surface area contributed by atoms with Gasteiger partial charge in [-0.25, -0.2) is 10.2 Å². The maximum atomic E-state index is 12.5. The molecule has 0 atom stereocenters. The van der Waals surface area contributed by atoms with Crippen LogP contribution in [0.2, 0.25) is 0 Å². The third-order valence-corrected chi connectivity index (χ3v) is 5.53. The van der Waals surface area contributed by atoms with Crippen LogP contribution in [0.1, 0.15) is 32.5 Å². The van der Waals surface area contributed by atoms with E-state index in [1.807, 2.05) is 31.2 Å². The molecule has 0 aliphatic carbocycles. The van der Waals surface area contributed by atoms with Gasteiger partial charge in [0.25, 0.3) is 5.91 Å². The van der Waals surface area contributed by atoms with Crippen molar-refractivity contribution in [2.75, 3.05) is 6.61 Å². The maximum Gasteiger partial charge on any atom is 0.353 e. The number of hydrogen-bond acceptors (Lipinski definition) is 7. The van der Waals surface area contributed by atoms with Crippen LogP contribution in [0.15, 0.2) is 77.2 Å². The molecule has 2 N–H and O–H groups in total. The van der Waals surface area contributed by atoms with E-state index in [-0.39, 0.29) is 17.1 Å². The van der Waals surface area contributed by atoms with Gasteiger partial charge in [-0.1, -0.05) is 30.3 Å². The lowest BCUT2D eigenvalue weighted by Gasteiger charge is -2.11. The minimum Gasteiger partial charge on any atom is -0.507 e. The quantitative estimate of drug-likeness (QED) is 0.175. The molecular weight excluding hydrogens is 440 g/mol. The smallest absolute Gasteiger partial charge is 0.353 e. The zero-order valence-corrected chi connectivity index (χ0v) is 18.5. The molecule has 0 aliphatic heterocycles. The zero-order valence-electron chi connectivity index (χ0n) is 17.6. The Morgan fingerprint density at radius 1 is 1.03 bits per heavy atom. The fourth-order valence-electron chi connectivity index (χ4n) is 3.14. The van der Waals surface area contributed by atoms with Crippen molar-refractivity contribution < 1.29 is 24.2 Å². The molecule has 166 valence electrons. The average Bonchev–Trinajstić information content (AvgIpc) is 3.35. The van der Waals surface area contributed by atoms with E-state index < -0.39 is 11.9 Å². The Morgan fingerprint density at radius 3 is 2.55 bits per heavy atom. The van der Waals surface area contributed by atoms with E-state index in [9.17, 15) is 14.7 Å². The number of thiophene rings is 1. The molecule has 1 amide bonds. The SMILES string of the molecule is CCOc1cc(C=NNC(=O)c2cc3ccccc3cc2O)ccc1OC(=O)c1cccs1. The van der Waals surface area contributed by atoms with Gasteiger partial charge in [-0.2, -0.15) is 5.10 Å². The highest BCUT2D eigenvalue weighted by Crippen LogP contribution is 2.29. The van der Waals surface area contributed by atoms with Gasteiger partial charge in [-0.05, 0) is 65.0 Å². The molecule has 8 heteroatoms. The second kappa shape index (κ2) is 9.97. The summed E-state index contributed by atoms with van der Waals surface area (Å²) in [6, 6.07) is 19.0. The summed E-state index contributed by atoms with van der Waals surface area (Å²) in [4.78, 5) is 25.2. The Morgan fingerprint density at radius 2 is 1.82 bits per heavy atom. The molecule has 4 rings (SSSR count). The Labute approximate surface area is 193 Å². The molecule has 0 saturated carbocycles. The van der Waals surface area contributed by atoms with Crippen LogP contribution in [0.3, 0.4) is 0 Å². The Hall–Kier alpha value is -4.17. The van der Waals surface area contributed by atoms with Gasteiger partial charge in [0.2, 0.25) is 0 Å². The molecule has 7 nitrogen and oxygen atoms in total. The minimum atomic E-state index is -0.541. The van der Waals surface area contributed by atoms with Gasteiger partial charge in [0.15, 0.2) is 11.5 Å². The van der Waals surface area contributed by atoms with Crippen LogP contribution in [0.5, 0.6) is 17.2 Å². The number of carbonyl (C=O) groups is 2. The number of rotatable bonds is 7. The summed E-state index contributed by atoms with van der Waals surface area (Å²) in [5, 5.41) is 17.6. The lowest BCUT2D eigenvalue weighted by molar-refractivity contribution is 0.0733. The first kappa shape index (κ1) is 22.0. The highest BCUT2D eigenvalue weighted by atomic mass is 32.1. The normalized spacial score (nSPS) is 10.9. The van der Waals surface area contributed by atoms with Crippen LogP contribution >= 0.6 is 11.3 Å². The van der Waals surface area contributed by atoms with E-state index in [0.717, 1.165) is 10.8 Å². The lowest BCUT2D eigenvalue weighted by Crippen LogP contribution is -2.17. The predicted octanol–water partition coefficient (Wildman–Crippen LogP) is 4.99. The van der Waals surface area contributed by atoms with Crippen molar-refractivity contribution in [3.8, 4) is 17.2 Å². The number of ether oxygens (including phenoxy) is 2. The number of amides is 1. The fraction of sp³-hybridized carbons (Fsp3) is 0.0800. The standard InChI is InChI=1S/C25H20N2O5S/c1-2-31-22-12-16(9-10-21(22)32-25(30)23-8-5-11-33-23)15-26-27-24(29)19-13-17-6-3-4-7-18(17)14-20(19)28/h3-15,28H,2H2,1H3,(H,27,29). The van der Waals surface area contributed by atoms with Crippen LogP contribution < -0.4 is 14.9 Å². The van der Waals surface area contributed by atoms with Gasteiger partial charge in [0, 0.05) is 0 Å². The molecule has 0 spiro atoms. The van der Waals surface area contributed by atoms with Crippen molar-refractivity contribution >= 4 is 40.2 Å². The third kappa shape index (κ3) is 5.19. The molecule has 0 unspecified atom stereocenters. The van der Waals surface area contributed by atoms with Crippen molar-refractivity contribution in [1.29, 1.82) is 0 Å². The zero-order chi connectivity index (χ0) is 23.2. The van der Waals surface area contributed by atoms with E-state index in [0.29, 0.717) is 22.8 Å². The van der Waals surface area contributed by atoms with Crippen LogP contribution in [-0.2, 0) is 0 Å². The Kier molecular flexibility index (Phi) is 6.66. The minimum absolute atomic E-state index is 0.122. The summed E-state index contributed by atoms with van der Waals surface area (Å²) in [7, 11) is 0. The number of hydrazone groups is 1. The highest BCUT2D eigenvalue weighted by molar-refractivity contribution is 7.12. The number of nitrogens with one attached hydrogen (secondary N) is 1. The number of esters is 1. The van der Waals surface area contributed by atoms with E-state index in [1.54, 1.807) is 47.8 Å². The summed E-state index contributed by atoms with van der Waals surface area (Å²) in [6.45, 7) is 2.20. The first-order valence-electron chi connectivity index (χ1n) is 10.1. The summed E-state index contributed by atoms with van der Waals surface area (Å²) in [6.07, 6.45) is 1.43. The molecule has 0 radical (unpaired) electrons. The lowest BCUT2D eigenvalue weighted by atomic mass is 10.1. The monoisotopic (exact) mass is 460 g/mol. The van der Waals surface area contributed by atoms with E-state index >= 15 is 0 Å². The van der Waals surface area contributed by atoms with Crippen LogP contribution in [0.25, 0.3) is 10.8 Å². The Balaban J connectivity index is 1.47. The number of carbonyl (C=O) groups excluding carboxylic acids is 2. The van der Waals surface area contributed by atoms with Crippen LogP contribution in [-0.4, -0.2) is 29.8 Å². The molecule has 1 aromatic heterocycles. The number of phenolic OH excluding ortho intramolecular Hbond substituents is 1. The molecule has 33 heavy (non-hydrogen) atoms. The second-order valence-corrected chi connectivity index (χ2v) is 7.87. The second-order valence-electron chi connectivity index (χ2n) is 6.92. The number of benzene rings is 3. The molecule has 3 aromatic carbocycles. The summed E-state index contributed by atoms with van der Waals surface area (Å²) in [5.74, 6) is -0.463. The summed E-state index contributed by atoms with van der Waals surface area (Å²) >= 11 is 1.29. The number of hydrogen-bond donors (Lipinski definition) is 2. The molecule has 0 bridgehead atoms. The molecule has 0 fully saturated rings. The van der Waals surface area contributed by atoms with Crippen molar-refractivity contribution in [2.24, 2.45) is 5.10 Å². The largest absolute Gasteiger partial charge is 0.507 e. The molecule has 4 aromatic rings. The van der Waals surface area contributed by atoms with E-state index in [1.165, 1.54) is 17.6 Å². The number of phenols is 1. The predicted molar refractivity (Wildman–Crippen MR) is 128 cm³/mol. The van der Waals surface area contributed by atoms with Crippen LogP contribution in [0.4, 0.5) is 0 Å². The van der Waals surface area contributed by atoms with Crippen molar-refractivity contribution in [3.05, 3.63) is 88.1 Å². The van der Waals surface area contributed by atoms with Gasteiger partial charge in [-0.3, -0.25) is 4.79 Å². The molecular formula is C25H20N2O5S. The van der Waals surface area contributed by atoms with Gasteiger partial charge >= 0.3 is 5.97 Å². The van der Waals surface area contributed by atoms with Gasteiger partial charge in [0.1, 0.15) is 10.6 Å². The van der Waals surface area contributed by atoms with Gasteiger partial charge in [0.05, 0.1) is 18.4 Å². The molecule has 0 saturated heterocycles. The molecule has 0 aliphatic rings. The topological polar surface area (TPSA) is 97.2 Å². The van der Waals surface area contributed by atoms with Gasteiger partial charge in [-0.15, -0.1) is 11.3 Å². The highest BCUT2D eigenvalue weighted by Gasteiger charge is 2.14. The summed E-state index contributed by atoms with van der Waals surface area (Å²) < 4.78 is 11.0. The number of aromatic hydroxyl groups is 1. The fourth-order valence-corrected chi connectivity index (χ4v) is 3.74.